The summed E-state index contributed by atoms with van der Waals surface area (Å²) in [5, 5.41) is 8.55. The lowest BCUT2D eigenvalue weighted by Crippen LogP contribution is -2.28. The summed E-state index contributed by atoms with van der Waals surface area (Å²) in [7, 11) is 0. The average Bonchev–Trinajstić information content (AvgIpc) is 1.94. The molecule has 1 aliphatic heterocycles. The second-order valence-electron chi connectivity index (χ2n) is 2.51. The molecule has 60 valence electrons. The molecular weight excluding hydrogens is 144 g/mol. The average molecular weight is 154 g/mol. The lowest BCUT2D eigenvalue weighted by molar-refractivity contribution is -0.138. The van der Waals surface area contributed by atoms with Crippen LogP contribution in [-0.4, -0.2) is 23.0 Å². The number of nitrogens with two attached hydrogens (primary N) is 1. The quantitative estimate of drug-likeness (QED) is 0.564. The van der Waals surface area contributed by atoms with Crippen LogP contribution in [-0.2, 0) is 4.79 Å². The van der Waals surface area contributed by atoms with Crippen molar-refractivity contribution in [3.05, 3.63) is 12.2 Å². The first-order valence-corrected chi connectivity index (χ1v) is 3.35. The zero-order chi connectivity index (χ0) is 8.43. The van der Waals surface area contributed by atoms with Crippen molar-refractivity contribution < 1.29 is 9.90 Å². The van der Waals surface area contributed by atoms with Gasteiger partial charge in [-0.05, 0) is 18.4 Å². The molecule has 1 heterocycles. The number of aliphatic imine (C=N–C) groups is 1. The fourth-order valence-corrected chi connectivity index (χ4v) is 0.941. The van der Waals surface area contributed by atoms with Gasteiger partial charge in [0.2, 0.25) is 0 Å². The fourth-order valence-electron chi connectivity index (χ4n) is 0.941. The molecule has 0 bridgehead atoms. The summed E-state index contributed by atoms with van der Waals surface area (Å²) in [6.07, 6.45) is 1.14. The molecule has 11 heavy (non-hydrogen) atoms. The Kier molecular flexibility index (Phi) is 1.94. The van der Waals surface area contributed by atoms with Crippen molar-refractivity contribution in [3.63, 3.8) is 0 Å². The van der Waals surface area contributed by atoms with E-state index in [1.807, 2.05) is 0 Å². The Morgan fingerprint density at radius 3 is 2.91 bits per heavy atom. The molecule has 1 unspecified atom stereocenters. The molecule has 4 nitrogen and oxygen atoms in total. The maximum Gasteiger partial charge on any atom is 0.328 e. The molecule has 1 atom stereocenters. The van der Waals surface area contributed by atoms with E-state index in [0.717, 1.165) is 5.57 Å². The molecule has 3 N–H and O–H groups in total. The van der Waals surface area contributed by atoms with Crippen LogP contribution in [0.3, 0.4) is 0 Å². The standard InChI is InChI=1S/C7H10N2O2/c1-4-2-3-5(7(10)11)9-6(4)8/h5H,1-3H2,(H2,8,9)(H,10,11). The minimum Gasteiger partial charge on any atom is -0.480 e. The molecule has 0 aliphatic carbocycles. The number of rotatable bonds is 1. The highest BCUT2D eigenvalue weighted by Crippen LogP contribution is 2.15. The van der Waals surface area contributed by atoms with E-state index >= 15 is 0 Å². The van der Waals surface area contributed by atoms with E-state index in [-0.39, 0.29) is 5.84 Å². The van der Waals surface area contributed by atoms with E-state index in [9.17, 15) is 4.79 Å². The molecule has 4 heteroatoms. The van der Waals surface area contributed by atoms with Crippen LogP contribution in [0.1, 0.15) is 12.8 Å². The summed E-state index contributed by atoms with van der Waals surface area (Å²) in [4.78, 5) is 14.2. The predicted molar refractivity (Wildman–Crippen MR) is 41.4 cm³/mol. The van der Waals surface area contributed by atoms with Gasteiger partial charge in [-0.2, -0.15) is 0 Å². The van der Waals surface area contributed by atoms with E-state index < -0.39 is 12.0 Å². The zero-order valence-corrected chi connectivity index (χ0v) is 6.08. The Bertz CT molecular complexity index is 233. The van der Waals surface area contributed by atoms with Crippen LogP contribution in [0.5, 0.6) is 0 Å². The summed E-state index contributed by atoms with van der Waals surface area (Å²) >= 11 is 0. The fraction of sp³-hybridized carbons (Fsp3) is 0.429. The molecule has 0 saturated heterocycles. The molecule has 0 fully saturated rings. The van der Waals surface area contributed by atoms with Gasteiger partial charge in [0.1, 0.15) is 11.9 Å². The van der Waals surface area contributed by atoms with Crippen LogP contribution in [0.2, 0.25) is 0 Å². The van der Waals surface area contributed by atoms with Gasteiger partial charge in [0, 0.05) is 0 Å². The van der Waals surface area contributed by atoms with Crippen LogP contribution in [0.15, 0.2) is 17.1 Å². The van der Waals surface area contributed by atoms with Crippen LogP contribution in [0, 0.1) is 0 Å². The molecule has 0 radical (unpaired) electrons. The van der Waals surface area contributed by atoms with Gasteiger partial charge < -0.3 is 10.8 Å². The van der Waals surface area contributed by atoms with Gasteiger partial charge in [0.15, 0.2) is 0 Å². The lowest BCUT2D eigenvalue weighted by atomic mass is 10.0. The van der Waals surface area contributed by atoms with Crippen molar-refractivity contribution in [2.24, 2.45) is 10.7 Å². The number of amidine groups is 1. The topological polar surface area (TPSA) is 75.7 Å². The zero-order valence-electron chi connectivity index (χ0n) is 6.08. The first-order chi connectivity index (χ1) is 5.11. The Labute approximate surface area is 64.4 Å². The van der Waals surface area contributed by atoms with Crippen molar-refractivity contribution in [2.45, 2.75) is 18.9 Å². The Balaban J connectivity index is 2.77. The highest BCUT2D eigenvalue weighted by atomic mass is 16.4. The monoisotopic (exact) mass is 154 g/mol. The van der Waals surface area contributed by atoms with Crippen molar-refractivity contribution in [1.29, 1.82) is 0 Å². The van der Waals surface area contributed by atoms with Crippen LogP contribution < -0.4 is 5.73 Å². The highest BCUT2D eigenvalue weighted by molar-refractivity contribution is 5.98. The van der Waals surface area contributed by atoms with Crippen molar-refractivity contribution in [2.75, 3.05) is 0 Å². The van der Waals surface area contributed by atoms with Crippen molar-refractivity contribution >= 4 is 11.8 Å². The van der Waals surface area contributed by atoms with E-state index in [4.69, 9.17) is 10.8 Å². The third-order valence-electron chi connectivity index (χ3n) is 1.66. The molecule has 0 saturated carbocycles. The van der Waals surface area contributed by atoms with Crippen LogP contribution in [0.4, 0.5) is 0 Å². The normalized spacial score (nSPS) is 24.5. The van der Waals surface area contributed by atoms with E-state index in [1.165, 1.54) is 0 Å². The molecule has 0 aromatic carbocycles. The number of aliphatic carboxylic acids is 1. The summed E-state index contributed by atoms with van der Waals surface area (Å²) < 4.78 is 0. The van der Waals surface area contributed by atoms with Crippen LogP contribution in [0.25, 0.3) is 0 Å². The van der Waals surface area contributed by atoms with Crippen LogP contribution >= 0.6 is 0 Å². The van der Waals surface area contributed by atoms with Gasteiger partial charge in [-0.1, -0.05) is 6.58 Å². The van der Waals surface area contributed by atoms with E-state index in [1.54, 1.807) is 0 Å². The number of nitrogens with zero attached hydrogens (tertiary/aromatic N) is 1. The first kappa shape index (κ1) is 7.78. The molecule has 0 spiro atoms. The SMILES string of the molecule is C=C1CCC(C(=O)O)N=C1N. The number of hydrogen-bond donors (Lipinski definition) is 2. The molecule has 1 rings (SSSR count). The van der Waals surface area contributed by atoms with Gasteiger partial charge in [-0.3, -0.25) is 4.99 Å². The van der Waals surface area contributed by atoms with Crippen molar-refractivity contribution in [3.8, 4) is 0 Å². The minimum atomic E-state index is -0.916. The summed E-state index contributed by atoms with van der Waals surface area (Å²) in [5.74, 6) is -0.635. The maximum atomic E-state index is 10.4. The lowest BCUT2D eigenvalue weighted by Gasteiger charge is -2.15. The maximum absolute atomic E-state index is 10.4. The van der Waals surface area contributed by atoms with Gasteiger partial charge in [-0.25, -0.2) is 4.79 Å². The highest BCUT2D eigenvalue weighted by Gasteiger charge is 2.21. The summed E-state index contributed by atoms with van der Waals surface area (Å²) in [6, 6.07) is -0.666. The molecule has 1 aliphatic rings. The number of hydrogen-bond acceptors (Lipinski definition) is 3. The summed E-state index contributed by atoms with van der Waals surface area (Å²) in [6.45, 7) is 3.64. The molecule has 0 aromatic heterocycles. The second-order valence-corrected chi connectivity index (χ2v) is 2.51. The Morgan fingerprint density at radius 1 is 1.82 bits per heavy atom. The number of carboxylic acids is 1. The first-order valence-electron chi connectivity index (χ1n) is 3.35. The Morgan fingerprint density at radius 2 is 2.45 bits per heavy atom. The largest absolute Gasteiger partial charge is 0.480 e. The predicted octanol–water partition coefficient (Wildman–Crippen LogP) is 0.147. The molecular formula is C7H10N2O2. The van der Waals surface area contributed by atoms with Gasteiger partial charge >= 0.3 is 5.97 Å². The van der Waals surface area contributed by atoms with E-state index in [0.29, 0.717) is 12.8 Å². The minimum absolute atomic E-state index is 0.281. The van der Waals surface area contributed by atoms with Gasteiger partial charge in [0.25, 0.3) is 0 Å². The number of carbonyl (C=O) groups is 1. The summed E-state index contributed by atoms with van der Waals surface area (Å²) in [5.41, 5.74) is 6.13. The third kappa shape index (κ3) is 1.58. The van der Waals surface area contributed by atoms with Gasteiger partial charge in [-0.15, -0.1) is 0 Å². The molecule has 0 aromatic rings. The second kappa shape index (κ2) is 2.74. The van der Waals surface area contributed by atoms with E-state index in [2.05, 4.69) is 11.6 Å². The van der Waals surface area contributed by atoms with Gasteiger partial charge in [0.05, 0.1) is 0 Å². The third-order valence-corrected chi connectivity index (χ3v) is 1.66. The Hall–Kier alpha value is -1.32. The van der Waals surface area contributed by atoms with Crippen molar-refractivity contribution in [1.82, 2.24) is 0 Å². The smallest absolute Gasteiger partial charge is 0.328 e. The number of carboxylic acid groups (broad SMARTS) is 1. The molecule has 0 amide bonds.